The molecule has 0 bridgehead atoms. The maximum Gasteiger partial charge on any atom is 0.270 e. The van der Waals surface area contributed by atoms with Gasteiger partial charge in [-0.15, -0.1) is 5.10 Å². The number of hydrogen-bond donors (Lipinski definition) is 1. The van der Waals surface area contributed by atoms with Gasteiger partial charge in [-0.1, -0.05) is 96.2 Å². The topological polar surface area (TPSA) is 111 Å². The molecule has 4 atom stereocenters. The summed E-state index contributed by atoms with van der Waals surface area (Å²) in [6, 6.07) is 29.7. The largest absolute Gasteiger partial charge is 0.374 e. The third-order valence-corrected chi connectivity index (χ3v) is 6.27. The van der Waals surface area contributed by atoms with Gasteiger partial charge >= 0.3 is 0 Å². The summed E-state index contributed by atoms with van der Waals surface area (Å²) in [5.74, 6) is -0.671. The molecule has 0 saturated carbocycles. The quantitative estimate of drug-likeness (QED) is 0.307. The molecule has 1 saturated heterocycles. The molecule has 1 fully saturated rings. The van der Waals surface area contributed by atoms with Crippen molar-refractivity contribution in [3.63, 3.8) is 0 Å². The number of amides is 1. The smallest absolute Gasteiger partial charge is 0.270 e. The van der Waals surface area contributed by atoms with Crippen molar-refractivity contribution in [2.75, 3.05) is 6.61 Å². The summed E-state index contributed by atoms with van der Waals surface area (Å²) in [5.41, 5.74) is 8.55. The summed E-state index contributed by atoms with van der Waals surface area (Å²) >= 11 is 0. The van der Waals surface area contributed by atoms with Crippen LogP contribution in [-0.2, 0) is 38.8 Å². The number of nitrogens with zero attached hydrogens (tertiary/aromatic N) is 3. The van der Waals surface area contributed by atoms with Crippen LogP contribution in [0.1, 0.15) is 33.4 Å². The molecule has 2 N–H and O–H groups in total. The summed E-state index contributed by atoms with van der Waals surface area (Å²) < 4.78 is 26.8. The monoisotopic (exact) mass is 514 g/mol. The average Bonchev–Trinajstić information content (AvgIpc) is 3.58. The van der Waals surface area contributed by atoms with Crippen molar-refractivity contribution in [2.45, 2.75) is 44.4 Å². The zero-order valence-corrected chi connectivity index (χ0v) is 20.8. The van der Waals surface area contributed by atoms with Gasteiger partial charge in [0.15, 0.2) is 11.9 Å². The molecule has 0 aliphatic carbocycles. The van der Waals surface area contributed by atoms with Crippen LogP contribution in [0.25, 0.3) is 0 Å². The molecule has 1 amide bonds. The van der Waals surface area contributed by atoms with Gasteiger partial charge in [0.25, 0.3) is 5.91 Å². The zero-order valence-electron chi connectivity index (χ0n) is 20.8. The van der Waals surface area contributed by atoms with E-state index in [0.717, 1.165) is 16.7 Å². The second kappa shape index (κ2) is 12.6. The van der Waals surface area contributed by atoms with E-state index in [2.05, 4.69) is 10.3 Å². The van der Waals surface area contributed by atoms with Gasteiger partial charge in [-0.25, -0.2) is 4.68 Å². The molecule has 0 unspecified atom stereocenters. The van der Waals surface area contributed by atoms with E-state index in [0.29, 0.717) is 19.8 Å². The van der Waals surface area contributed by atoms with Crippen LogP contribution in [0.2, 0.25) is 0 Å². The maximum atomic E-state index is 11.7. The predicted octanol–water partition coefficient (Wildman–Crippen LogP) is 3.66. The fourth-order valence-corrected chi connectivity index (χ4v) is 4.35. The minimum atomic E-state index is -0.703. The number of carbonyl (C=O) groups excluding carboxylic acids is 1. The second-order valence-corrected chi connectivity index (χ2v) is 9.04. The molecule has 196 valence electrons. The molecule has 1 aliphatic rings. The predicted molar refractivity (Wildman–Crippen MR) is 139 cm³/mol. The molecular formula is C29H30N4O5. The van der Waals surface area contributed by atoms with Crippen LogP contribution in [0.5, 0.6) is 0 Å². The number of hydrogen-bond acceptors (Lipinski definition) is 7. The number of rotatable bonds is 12. The van der Waals surface area contributed by atoms with Crippen LogP contribution in [-0.4, -0.2) is 45.8 Å². The number of nitrogens with two attached hydrogens (primary N) is 1. The van der Waals surface area contributed by atoms with Crippen molar-refractivity contribution in [3.8, 4) is 0 Å². The van der Waals surface area contributed by atoms with E-state index >= 15 is 0 Å². The van der Waals surface area contributed by atoms with Gasteiger partial charge in [0, 0.05) is 0 Å². The Morgan fingerprint density at radius 2 is 1.32 bits per heavy atom. The van der Waals surface area contributed by atoms with Gasteiger partial charge in [-0.3, -0.25) is 4.79 Å². The first-order valence-corrected chi connectivity index (χ1v) is 12.5. The molecular weight excluding hydrogens is 484 g/mol. The minimum Gasteiger partial charge on any atom is -0.374 e. The van der Waals surface area contributed by atoms with Crippen LogP contribution in [0.4, 0.5) is 0 Å². The molecule has 9 nitrogen and oxygen atoms in total. The number of aromatic nitrogens is 3. The average molecular weight is 515 g/mol. The van der Waals surface area contributed by atoms with E-state index in [1.165, 1.54) is 10.9 Å². The first-order valence-electron chi connectivity index (χ1n) is 12.5. The molecule has 0 spiro atoms. The Morgan fingerprint density at radius 1 is 0.789 bits per heavy atom. The Morgan fingerprint density at radius 3 is 1.84 bits per heavy atom. The van der Waals surface area contributed by atoms with E-state index in [1.54, 1.807) is 0 Å². The molecule has 1 aliphatic heterocycles. The van der Waals surface area contributed by atoms with Gasteiger partial charge in [-0.05, 0) is 16.7 Å². The lowest BCUT2D eigenvalue weighted by atomic mass is 10.1. The first-order chi connectivity index (χ1) is 18.7. The van der Waals surface area contributed by atoms with Crippen molar-refractivity contribution in [1.29, 1.82) is 0 Å². The van der Waals surface area contributed by atoms with Crippen LogP contribution in [0, 0.1) is 0 Å². The van der Waals surface area contributed by atoms with E-state index < -0.39 is 30.4 Å². The Balaban J connectivity index is 1.38. The number of primary amides is 1. The van der Waals surface area contributed by atoms with Gasteiger partial charge < -0.3 is 24.7 Å². The Labute approximate surface area is 221 Å². The molecule has 1 aromatic heterocycles. The fourth-order valence-electron chi connectivity index (χ4n) is 4.35. The summed E-state index contributed by atoms with van der Waals surface area (Å²) in [6.45, 7) is 1.41. The van der Waals surface area contributed by atoms with Gasteiger partial charge in [0.05, 0.1) is 32.6 Å². The van der Waals surface area contributed by atoms with Gasteiger partial charge in [0.2, 0.25) is 0 Å². The molecule has 38 heavy (non-hydrogen) atoms. The number of ether oxygens (including phenoxy) is 4. The number of carbonyl (C=O) groups is 1. The van der Waals surface area contributed by atoms with Crippen molar-refractivity contribution in [1.82, 2.24) is 15.0 Å². The van der Waals surface area contributed by atoms with Crippen LogP contribution < -0.4 is 5.73 Å². The Hall–Kier alpha value is -3.89. The summed E-state index contributed by atoms with van der Waals surface area (Å²) in [7, 11) is 0. The third kappa shape index (κ3) is 6.51. The van der Waals surface area contributed by atoms with E-state index in [9.17, 15) is 4.79 Å². The maximum absolute atomic E-state index is 11.7. The van der Waals surface area contributed by atoms with Crippen molar-refractivity contribution < 1.29 is 23.7 Å². The van der Waals surface area contributed by atoms with Crippen molar-refractivity contribution in [3.05, 3.63) is 120 Å². The lowest BCUT2D eigenvalue weighted by Crippen LogP contribution is -2.38. The Kier molecular flexibility index (Phi) is 8.52. The lowest BCUT2D eigenvalue weighted by molar-refractivity contribution is -0.0936. The van der Waals surface area contributed by atoms with E-state index in [1.807, 2.05) is 91.0 Å². The van der Waals surface area contributed by atoms with E-state index in [-0.39, 0.29) is 12.3 Å². The summed E-state index contributed by atoms with van der Waals surface area (Å²) in [4.78, 5) is 11.7. The van der Waals surface area contributed by atoms with Crippen molar-refractivity contribution >= 4 is 5.91 Å². The van der Waals surface area contributed by atoms with E-state index in [4.69, 9.17) is 24.7 Å². The lowest BCUT2D eigenvalue weighted by Gasteiger charge is -2.25. The first kappa shape index (κ1) is 25.7. The molecule has 5 rings (SSSR count). The van der Waals surface area contributed by atoms with Gasteiger partial charge in [-0.2, -0.15) is 0 Å². The third-order valence-electron chi connectivity index (χ3n) is 6.27. The van der Waals surface area contributed by atoms with Crippen LogP contribution >= 0.6 is 0 Å². The highest BCUT2D eigenvalue weighted by Crippen LogP contribution is 2.35. The van der Waals surface area contributed by atoms with Crippen molar-refractivity contribution in [2.24, 2.45) is 5.73 Å². The summed E-state index contributed by atoms with van der Waals surface area (Å²) in [5, 5.41) is 7.99. The molecule has 4 aromatic rings. The van der Waals surface area contributed by atoms with Crippen LogP contribution in [0.3, 0.4) is 0 Å². The van der Waals surface area contributed by atoms with Crippen LogP contribution in [0.15, 0.2) is 97.2 Å². The number of benzene rings is 3. The normalized spacial score (nSPS) is 20.9. The molecule has 2 heterocycles. The Bertz CT molecular complexity index is 1290. The fraction of sp³-hybridized carbons (Fsp3) is 0.276. The standard InChI is InChI=1S/C29H30N4O5/c30-28(34)24-16-33(32-31-24)29-27(37-19-23-14-8-3-9-15-23)26(36-18-22-12-6-2-7-13-22)25(38-29)20-35-17-21-10-4-1-5-11-21/h1-16,25-27,29H,17-20H2,(H2,30,34)/t25-,26-,27+,29-/m1/s1. The second-order valence-electron chi connectivity index (χ2n) is 9.04. The SMILES string of the molecule is NC(=O)c1cn([C@@H]2O[C@H](COCc3ccccc3)[C@@H](OCc3ccccc3)[C@@H]2OCc2ccccc2)nn1. The molecule has 3 aromatic carbocycles. The van der Waals surface area contributed by atoms with Gasteiger partial charge in [0.1, 0.15) is 18.3 Å². The highest BCUT2D eigenvalue weighted by molar-refractivity contribution is 5.90. The molecule has 0 radical (unpaired) electrons. The highest BCUT2D eigenvalue weighted by atomic mass is 16.6. The minimum absolute atomic E-state index is 0.0425. The zero-order chi connectivity index (χ0) is 26.2. The highest BCUT2D eigenvalue weighted by Gasteiger charge is 2.48. The molecule has 9 heteroatoms. The summed E-state index contributed by atoms with van der Waals surface area (Å²) in [6.07, 6.45) is -0.750.